The lowest BCUT2D eigenvalue weighted by Gasteiger charge is -2.40. The van der Waals surface area contributed by atoms with Gasteiger partial charge >= 0.3 is 6.03 Å². The first-order chi connectivity index (χ1) is 17.7. The molecule has 2 fully saturated rings. The fraction of sp³-hybridized carbons (Fsp3) is 0.310. The van der Waals surface area contributed by atoms with Crippen molar-refractivity contribution >= 4 is 17.6 Å². The lowest BCUT2D eigenvalue weighted by Crippen LogP contribution is -2.52. The summed E-state index contributed by atoms with van der Waals surface area (Å²) in [6, 6.07) is 28.5. The van der Waals surface area contributed by atoms with E-state index in [4.69, 9.17) is 4.74 Å². The molecular weight excluding hydrogens is 452 g/mol. The van der Waals surface area contributed by atoms with Crippen LogP contribution in [0.15, 0.2) is 84.9 Å². The lowest BCUT2D eigenvalue weighted by atomic mass is 9.96. The van der Waals surface area contributed by atoms with Crippen molar-refractivity contribution in [1.82, 2.24) is 14.7 Å². The highest BCUT2D eigenvalue weighted by molar-refractivity contribution is 5.97. The average molecular weight is 485 g/mol. The van der Waals surface area contributed by atoms with Crippen molar-refractivity contribution in [3.05, 3.63) is 96.1 Å². The second-order valence-electron chi connectivity index (χ2n) is 9.17. The van der Waals surface area contributed by atoms with Crippen molar-refractivity contribution < 1.29 is 14.3 Å². The Labute approximate surface area is 212 Å². The van der Waals surface area contributed by atoms with Crippen LogP contribution in [0.2, 0.25) is 0 Å². The number of carbonyl (C=O) groups is 2. The highest BCUT2D eigenvalue weighted by Gasteiger charge is 2.34. The van der Waals surface area contributed by atoms with Crippen molar-refractivity contribution in [2.24, 2.45) is 0 Å². The van der Waals surface area contributed by atoms with E-state index in [9.17, 15) is 9.59 Å². The molecule has 0 saturated carbocycles. The maximum absolute atomic E-state index is 13.2. The monoisotopic (exact) mass is 484 g/mol. The Hall–Kier alpha value is -3.84. The van der Waals surface area contributed by atoms with Gasteiger partial charge in [0.15, 0.2) is 0 Å². The third kappa shape index (κ3) is 4.93. The number of ether oxygens (including phenoxy) is 1. The van der Waals surface area contributed by atoms with E-state index in [1.54, 1.807) is 16.9 Å². The smallest absolute Gasteiger partial charge is 0.325 e. The van der Waals surface area contributed by atoms with E-state index in [1.165, 1.54) is 11.1 Å². The van der Waals surface area contributed by atoms with Crippen LogP contribution in [-0.2, 0) is 4.79 Å². The van der Waals surface area contributed by atoms with E-state index in [0.717, 1.165) is 18.8 Å². The van der Waals surface area contributed by atoms with Gasteiger partial charge in [0.05, 0.1) is 18.8 Å². The maximum Gasteiger partial charge on any atom is 0.325 e. The van der Waals surface area contributed by atoms with Crippen LogP contribution in [0.1, 0.15) is 17.2 Å². The van der Waals surface area contributed by atoms with Crippen LogP contribution in [0.5, 0.6) is 5.75 Å². The summed E-state index contributed by atoms with van der Waals surface area (Å²) in [5.41, 5.74) is 3.24. The molecule has 0 radical (unpaired) electrons. The largest absolute Gasteiger partial charge is 0.495 e. The molecule has 2 aliphatic heterocycles. The van der Waals surface area contributed by atoms with E-state index < -0.39 is 0 Å². The zero-order valence-electron chi connectivity index (χ0n) is 20.6. The summed E-state index contributed by atoms with van der Waals surface area (Å²) in [4.78, 5) is 33.9. The number of carbonyl (C=O) groups excluding carboxylic acids is 2. The molecule has 0 N–H and O–H groups in total. The number of hydrogen-bond donors (Lipinski definition) is 0. The Morgan fingerprint density at radius 1 is 0.778 bits per heavy atom. The first-order valence-corrected chi connectivity index (χ1v) is 12.5. The van der Waals surface area contributed by atoms with E-state index in [-0.39, 0.29) is 24.5 Å². The second-order valence-corrected chi connectivity index (χ2v) is 9.17. The van der Waals surface area contributed by atoms with Crippen LogP contribution >= 0.6 is 0 Å². The van der Waals surface area contributed by atoms with Crippen LogP contribution in [0.4, 0.5) is 10.5 Å². The molecule has 0 aliphatic carbocycles. The minimum absolute atomic E-state index is 0.000786. The summed E-state index contributed by atoms with van der Waals surface area (Å²) in [7, 11) is 1.60. The van der Waals surface area contributed by atoms with E-state index in [0.29, 0.717) is 31.9 Å². The van der Waals surface area contributed by atoms with Gasteiger partial charge in [0, 0.05) is 39.3 Å². The molecule has 0 aromatic heterocycles. The summed E-state index contributed by atoms with van der Waals surface area (Å²) >= 11 is 0. The molecule has 0 spiro atoms. The number of hydrogen-bond acceptors (Lipinski definition) is 4. The third-order valence-corrected chi connectivity index (χ3v) is 7.06. The number of para-hydroxylation sites is 2. The quantitative estimate of drug-likeness (QED) is 0.511. The van der Waals surface area contributed by atoms with Crippen LogP contribution in [0, 0.1) is 0 Å². The van der Waals surface area contributed by atoms with Crippen LogP contribution in [0.25, 0.3) is 0 Å². The Kier molecular flexibility index (Phi) is 7.18. The summed E-state index contributed by atoms with van der Waals surface area (Å²) in [5.74, 6) is 0.655. The van der Waals surface area contributed by atoms with Gasteiger partial charge in [0.2, 0.25) is 5.91 Å². The standard InChI is InChI=1S/C29H32N4O3/c1-36-26-15-9-8-14-25(26)33-21-20-32(29(33)35)22-27(34)30-16-18-31(19-17-30)28(23-10-4-2-5-11-23)24-12-6-3-7-13-24/h2-15,28H,16-22H2,1H3. The highest BCUT2D eigenvalue weighted by Crippen LogP contribution is 2.31. The molecule has 2 saturated heterocycles. The molecule has 7 nitrogen and oxygen atoms in total. The maximum atomic E-state index is 13.2. The summed E-state index contributed by atoms with van der Waals surface area (Å²) in [6.07, 6.45) is 0. The van der Waals surface area contributed by atoms with Gasteiger partial charge in [-0.15, -0.1) is 0 Å². The van der Waals surface area contributed by atoms with Crippen molar-refractivity contribution in [3.63, 3.8) is 0 Å². The predicted molar refractivity (Wildman–Crippen MR) is 140 cm³/mol. The minimum Gasteiger partial charge on any atom is -0.495 e. The zero-order valence-corrected chi connectivity index (χ0v) is 20.6. The van der Waals surface area contributed by atoms with Gasteiger partial charge < -0.3 is 14.5 Å². The molecule has 0 bridgehead atoms. The number of nitrogens with zero attached hydrogens (tertiary/aromatic N) is 4. The fourth-order valence-corrected chi connectivity index (χ4v) is 5.18. The molecule has 2 heterocycles. The minimum atomic E-state index is -0.153. The summed E-state index contributed by atoms with van der Waals surface area (Å²) < 4.78 is 5.42. The molecule has 186 valence electrons. The van der Waals surface area contributed by atoms with Crippen LogP contribution in [0.3, 0.4) is 0 Å². The topological polar surface area (TPSA) is 56.3 Å². The molecule has 3 amide bonds. The van der Waals surface area contributed by atoms with E-state index in [1.807, 2.05) is 41.3 Å². The van der Waals surface area contributed by atoms with Crippen molar-refractivity contribution in [2.45, 2.75) is 6.04 Å². The molecular formula is C29H32N4O3. The van der Waals surface area contributed by atoms with Gasteiger partial charge in [-0.1, -0.05) is 72.8 Å². The Bertz CT molecular complexity index is 1140. The van der Waals surface area contributed by atoms with Crippen molar-refractivity contribution in [3.8, 4) is 5.75 Å². The molecule has 3 aromatic carbocycles. The van der Waals surface area contributed by atoms with Crippen molar-refractivity contribution in [2.75, 3.05) is 57.8 Å². The molecule has 3 aromatic rings. The highest BCUT2D eigenvalue weighted by atomic mass is 16.5. The molecule has 0 atom stereocenters. The molecule has 5 rings (SSSR count). The average Bonchev–Trinajstić information content (AvgIpc) is 3.29. The summed E-state index contributed by atoms with van der Waals surface area (Å²) in [5, 5.41) is 0. The normalized spacial score (nSPS) is 16.6. The summed E-state index contributed by atoms with van der Waals surface area (Å²) in [6.45, 7) is 4.01. The third-order valence-electron chi connectivity index (χ3n) is 7.06. The molecule has 2 aliphatic rings. The Balaban J connectivity index is 1.21. The van der Waals surface area contributed by atoms with Gasteiger partial charge in [-0.2, -0.15) is 0 Å². The number of urea groups is 1. The van der Waals surface area contributed by atoms with Gasteiger partial charge in [-0.05, 0) is 23.3 Å². The second kappa shape index (κ2) is 10.8. The number of benzene rings is 3. The van der Waals surface area contributed by atoms with Gasteiger partial charge in [0.1, 0.15) is 12.3 Å². The number of piperazine rings is 1. The van der Waals surface area contributed by atoms with E-state index in [2.05, 4.69) is 53.4 Å². The van der Waals surface area contributed by atoms with Gasteiger partial charge in [0.25, 0.3) is 0 Å². The molecule has 0 unspecified atom stereocenters. The molecule has 36 heavy (non-hydrogen) atoms. The van der Waals surface area contributed by atoms with Crippen LogP contribution in [-0.4, -0.2) is 79.6 Å². The number of anilines is 1. The molecule has 7 heteroatoms. The number of methoxy groups -OCH3 is 1. The Morgan fingerprint density at radius 3 is 1.97 bits per heavy atom. The van der Waals surface area contributed by atoms with Crippen LogP contribution < -0.4 is 9.64 Å². The SMILES string of the molecule is COc1ccccc1N1CCN(CC(=O)N2CCN(C(c3ccccc3)c3ccccc3)CC2)C1=O. The van der Waals surface area contributed by atoms with Gasteiger partial charge in [-0.25, -0.2) is 4.79 Å². The predicted octanol–water partition coefficient (Wildman–Crippen LogP) is 3.87. The number of amides is 3. The van der Waals surface area contributed by atoms with E-state index >= 15 is 0 Å². The van der Waals surface area contributed by atoms with Crippen molar-refractivity contribution in [1.29, 1.82) is 0 Å². The fourth-order valence-electron chi connectivity index (χ4n) is 5.18. The zero-order chi connectivity index (χ0) is 24.9. The first-order valence-electron chi connectivity index (χ1n) is 12.5. The lowest BCUT2D eigenvalue weighted by molar-refractivity contribution is -0.133. The Morgan fingerprint density at radius 2 is 1.36 bits per heavy atom. The van der Waals surface area contributed by atoms with Gasteiger partial charge in [-0.3, -0.25) is 14.6 Å². The number of rotatable bonds is 7. The first kappa shape index (κ1) is 23.9.